The Hall–Kier alpha value is -7.02. The Morgan fingerprint density at radius 2 is 1.19 bits per heavy atom. The first-order valence-corrected chi connectivity index (χ1v) is 15.4. The Balaban J connectivity index is 1.38. The zero-order chi connectivity index (χ0) is 36.9. The van der Waals surface area contributed by atoms with Gasteiger partial charge in [0.2, 0.25) is 0 Å². The average molecular weight is 700 g/mol. The number of rotatable bonds is 5. The van der Waals surface area contributed by atoms with E-state index < -0.39 is 30.2 Å². The van der Waals surface area contributed by atoms with Gasteiger partial charge in [-0.15, -0.1) is 13.2 Å². The summed E-state index contributed by atoms with van der Waals surface area (Å²) in [5, 5.41) is 41.7. The Labute approximate surface area is 292 Å². The normalized spacial score (nSPS) is 13.8. The summed E-state index contributed by atoms with van der Waals surface area (Å²) < 4.78 is 82.1. The topological polar surface area (TPSA) is 116 Å². The van der Waals surface area contributed by atoms with E-state index in [1.807, 2.05) is 18.2 Å². The summed E-state index contributed by atoms with van der Waals surface area (Å²) >= 11 is 0. The highest BCUT2D eigenvalue weighted by Crippen LogP contribution is 2.55. The summed E-state index contributed by atoms with van der Waals surface area (Å²) in [7, 11) is 0. The van der Waals surface area contributed by atoms with Crippen LogP contribution in [0.2, 0.25) is 0 Å². The summed E-state index contributed by atoms with van der Waals surface area (Å²) in [6, 6.07) is 33.2. The smallest absolute Gasteiger partial charge is 0.406 e. The lowest BCUT2D eigenvalue weighted by Crippen LogP contribution is -2.20. The third kappa shape index (κ3) is 5.93. The molecule has 7 rings (SSSR count). The second-order valence-corrected chi connectivity index (χ2v) is 12.0. The maximum Gasteiger partial charge on any atom is 0.573 e. The molecule has 252 valence electrons. The van der Waals surface area contributed by atoms with Gasteiger partial charge in [-0.05, 0) is 115 Å². The molecule has 0 aliphatic heterocycles. The maximum atomic E-state index is 13.0. The summed E-state index contributed by atoms with van der Waals surface area (Å²) in [5.74, 6) is -2.32. The predicted octanol–water partition coefficient (Wildman–Crippen LogP) is 10.5. The van der Waals surface area contributed by atoms with Gasteiger partial charge in [-0.2, -0.15) is 34.2 Å². The third-order valence-electron chi connectivity index (χ3n) is 9.02. The van der Waals surface area contributed by atoms with Gasteiger partial charge >= 0.3 is 12.7 Å². The van der Waals surface area contributed by atoms with Crippen molar-refractivity contribution < 1.29 is 31.1 Å². The zero-order valence-electron chi connectivity index (χ0n) is 26.4. The molecule has 2 aliphatic carbocycles. The second kappa shape index (κ2) is 12.4. The Morgan fingerprint density at radius 1 is 0.596 bits per heavy atom. The number of alkyl halides is 6. The number of allylic oxidation sites excluding steroid dienone is 1. The molecule has 0 bridgehead atoms. The molecule has 0 aromatic heterocycles. The first-order valence-electron chi connectivity index (χ1n) is 15.4. The Kier molecular flexibility index (Phi) is 7.98. The molecule has 0 spiro atoms. The van der Waals surface area contributed by atoms with Crippen LogP contribution in [0.4, 0.5) is 32.0 Å². The van der Waals surface area contributed by atoms with E-state index in [1.165, 1.54) is 41.7 Å². The number of nitrogens with one attached hydrogen (secondary N) is 1. The number of fused-ring (bicyclic) bond motifs is 6. The molecule has 0 radical (unpaired) electrons. The third-order valence-corrected chi connectivity index (χ3v) is 9.02. The summed E-state index contributed by atoms with van der Waals surface area (Å²) in [6.45, 7) is 0. The number of hydrogen-bond donors (Lipinski definition) is 1. The molecule has 6 nitrogen and oxygen atoms in total. The summed E-state index contributed by atoms with van der Waals surface area (Å²) in [6.07, 6.45) is -9.53. The standard InChI is InChI=1S/C40H19F6N5O/c41-39(42,43)51-27-5-1-3-21(11-27)23-7-9-29-31-15-36-32(16-35(31)37(33(29)13-23)25(17-47)18-48)30-10-8-24(14-34(30)38(36)26(19-49)20-50)22-4-2-6-28(12-22)52-40(44,45)46/h1-16,26,38,51H. The number of ether oxygens (including phenoxy) is 1. The van der Waals surface area contributed by atoms with Crippen LogP contribution in [0.15, 0.2) is 103 Å². The number of halogens is 6. The fourth-order valence-electron chi connectivity index (χ4n) is 7.02. The highest BCUT2D eigenvalue weighted by atomic mass is 19.4. The van der Waals surface area contributed by atoms with Gasteiger partial charge in [0.1, 0.15) is 29.4 Å². The van der Waals surface area contributed by atoms with Crippen LogP contribution < -0.4 is 10.1 Å². The van der Waals surface area contributed by atoms with Crippen molar-refractivity contribution in [1.29, 1.82) is 21.0 Å². The molecule has 52 heavy (non-hydrogen) atoms. The van der Waals surface area contributed by atoms with Crippen LogP contribution in [0.25, 0.3) is 50.1 Å². The van der Waals surface area contributed by atoms with E-state index in [0.29, 0.717) is 72.3 Å². The molecular formula is C40H19F6N5O. The summed E-state index contributed by atoms with van der Waals surface area (Å²) in [5.41, 5.74) is 6.71. The van der Waals surface area contributed by atoms with Crippen molar-refractivity contribution in [1.82, 2.24) is 0 Å². The molecule has 12 heteroatoms. The van der Waals surface area contributed by atoms with E-state index in [4.69, 9.17) is 0 Å². The molecule has 0 fully saturated rings. The lowest BCUT2D eigenvalue weighted by molar-refractivity contribution is -0.274. The fraction of sp³-hybridized carbons (Fsp3) is 0.100. The van der Waals surface area contributed by atoms with Gasteiger partial charge < -0.3 is 4.74 Å². The SMILES string of the molecule is N#CC(C#N)=C1c2cc(-c3cccc(NC(F)(F)F)c3)ccc2-c2cc3c(cc21)-c1ccc(-c2cccc(OC(F)(F)F)c2)cc1C3C(C#N)C#N. The van der Waals surface area contributed by atoms with Crippen LogP contribution in [-0.4, -0.2) is 12.7 Å². The van der Waals surface area contributed by atoms with Gasteiger partial charge in [-0.25, -0.2) is 0 Å². The van der Waals surface area contributed by atoms with Crippen LogP contribution in [0, 0.1) is 51.2 Å². The van der Waals surface area contributed by atoms with E-state index in [9.17, 15) is 47.4 Å². The van der Waals surface area contributed by atoms with Gasteiger partial charge in [0, 0.05) is 17.2 Å². The molecule has 1 unspecified atom stereocenters. The molecule has 0 heterocycles. The van der Waals surface area contributed by atoms with Crippen molar-refractivity contribution in [3.63, 3.8) is 0 Å². The molecule has 0 saturated carbocycles. The minimum atomic E-state index is -4.89. The van der Waals surface area contributed by atoms with E-state index in [-0.39, 0.29) is 11.3 Å². The monoisotopic (exact) mass is 699 g/mol. The van der Waals surface area contributed by atoms with Crippen LogP contribution in [0.3, 0.4) is 0 Å². The number of benzene rings is 5. The van der Waals surface area contributed by atoms with E-state index >= 15 is 0 Å². The highest BCUT2D eigenvalue weighted by molar-refractivity contribution is 6.07. The number of anilines is 1. The lowest BCUT2D eigenvalue weighted by Gasteiger charge is -2.16. The predicted molar refractivity (Wildman–Crippen MR) is 178 cm³/mol. The minimum Gasteiger partial charge on any atom is -0.406 e. The Bertz CT molecular complexity index is 2500. The van der Waals surface area contributed by atoms with Crippen LogP contribution in [0.5, 0.6) is 5.75 Å². The fourth-order valence-corrected chi connectivity index (χ4v) is 7.02. The van der Waals surface area contributed by atoms with Crippen molar-refractivity contribution >= 4 is 11.3 Å². The number of hydrogen-bond acceptors (Lipinski definition) is 6. The van der Waals surface area contributed by atoms with Crippen LogP contribution in [-0.2, 0) is 0 Å². The van der Waals surface area contributed by atoms with E-state index in [2.05, 4.69) is 16.9 Å². The largest absolute Gasteiger partial charge is 0.573 e. The van der Waals surface area contributed by atoms with E-state index in [1.54, 1.807) is 54.6 Å². The molecule has 0 saturated heterocycles. The molecule has 1 atom stereocenters. The maximum absolute atomic E-state index is 13.0. The Morgan fingerprint density at radius 3 is 1.85 bits per heavy atom. The molecule has 5 aromatic rings. The van der Waals surface area contributed by atoms with Gasteiger partial charge in [0.15, 0.2) is 0 Å². The number of nitrogens with zero attached hydrogens (tertiary/aromatic N) is 4. The molecule has 0 amide bonds. The van der Waals surface area contributed by atoms with Crippen LogP contribution >= 0.6 is 0 Å². The van der Waals surface area contributed by atoms with Crippen molar-refractivity contribution in [2.24, 2.45) is 5.92 Å². The minimum absolute atomic E-state index is 0.171. The molecule has 1 N–H and O–H groups in total. The second-order valence-electron chi connectivity index (χ2n) is 12.0. The first-order chi connectivity index (χ1) is 24.8. The van der Waals surface area contributed by atoms with Gasteiger partial charge in [-0.1, -0.05) is 48.5 Å². The zero-order valence-corrected chi connectivity index (χ0v) is 26.4. The molecule has 2 aliphatic rings. The average Bonchev–Trinajstić information content (AvgIpc) is 3.58. The quantitative estimate of drug-likeness (QED) is 0.109. The van der Waals surface area contributed by atoms with Crippen molar-refractivity contribution in [2.45, 2.75) is 18.6 Å². The van der Waals surface area contributed by atoms with Crippen LogP contribution in [0.1, 0.15) is 28.2 Å². The molecule has 5 aromatic carbocycles. The van der Waals surface area contributed by atoms with Crippen molar-refractivity contribution in [3.8, 4) is 74.5 Å². The number of nitriles is 4. The highest BCUT2D eigenvalue weighted by Gasteiger charge is 2.39. The van der Waals surface area contributed by atoms with Crippen molar-refractivity contribution in [2.75, 3.05) is 5.32 Å². The van der Waals surface area contributed by atoms with Gasteiger partial charge in [-0.3, -0.25) is 5.32 Å². The first kappa shape index (κ1) is 33.5. The van der Waals surface area contributed by atoms with Crippen molar-refractivity contribution in [3.05, 3.63) is 125 Å². The molecular weight excluding hydrogens is 680 g/mol. The lowest BCUT2D eigenvalue weighted by atomic mass is 9.84. The van der Waals surface area contributed by atoms with E-state index in [0.717, 1.165) is 0 Å². The van der Waals surface area contributed by atoms with Gasteiger partial charge in [0.25, 0.3) is 0 Å². The summed E-state index contributed by atoms with van der Waals surface area (Å²) in [4.78, 5) is 0. The van der Waals surface area contributed by atoms with Gasteiger partial charge in [0.05, 0.1) is 12.1 Å².